The molecule has 5 nitrogen and oxygen atoms in total. The summed E-state index contributed by atoms with van der Waals surface area (Å²) in [6.07, 6.45) is 0.801. The Kier molecular flexibility index (Phi) is 7.72. The van der Waals surface area contributed by atoms with E-state index in [0.29, 0.717) is 37.5 Å². The molecule has 0 bridgehead atoms. The number of rotatable bonds is 8. The van der Waals surface area contributed by atoms with Gasteiger partial charge in [-0.3, -0.25) is 14.6 Å². The quantitative estimate of drug-likeness (QED) is 0.402. The second-order valence-electron chi connectivity index (χ2n) is 10.2. The summed E-state index contributed by atoms with van der Waals surface area (Å²) in [7, 11) is 0. The molecule has 5 rings (SSSR count). The molecule has 2 aromatic carbocycles. The van der Waals surface area contributed by atoms with E-state index < -0.39 is 11.6 Å². The minimum absolute atomic E-state index is 0.0477. The van der Waals surface area contributed by atoms with Crippen LogP contribution in [0.4, 0.5) is 8.78 Å². The molecule has 0 unspecified atom stereocenters. The standard InChI is InChI=1S/C30H35F2N3O2/c1-3-33(4-2)18-23-11-13-29(37-23)30(36)34-15-14-28-26(20-34)25(24-12-10-22(31)16-27(24)32)19-35(28)17-21-8-6-5-7-9-21/h5-13,16,25-26,28H,3-4,14-15,17-20H2,1-2H3/t25-,26-,28-/m1/s1. The van der Waals surface area contributed by atoms with Crippen LogP contribution in [0.3, 0.4) is 0 Å². The third-order valence-corrected chi connectivity index (χ3v) is 8.06. The van der Waals surface area contributed by atoms with Crippen LogP contribution in [-0.4, -0.2) is 59.4 Å². The molecule has 2 aliphatic heterocycles. The smallest absolute Gasteiger partial charge is 0.289 e. The average Bonchev–Trinajstić information content (AvgIpc) is 3.52. The number of fused-ring (bicyclic) bond motifs is 1. The number of hydrogen-bond acceptors (Lipinski definition) is 4. The van der Waals surface area contributed by atoms with Gasteiger partial charge >= 0.3 is 0 Å². The van der Waals surface area contributed by atoms with Crippen molar-refractivity contribution in [2.75, 3.05) is 32.7 Å². The second-order valence-corrected chi connectivity index (χ2v) is 10.2. The molecule has 3 aromatic rings. The van der Waals surface area contributed by atoms with Gasteiger partial charge in [-0.05, 0) is 48.8 Å². The van der Waals surface area contributed by atoms with Crippen LogP contribution in [0.2, 0.25) is 0 Å². The highest BCUT2D eigenvalue weighted by Crippen LogP contribution is 2.43. The van der Waals surface area contributed by atoms with Crippen molar-refractivity contribution < 1.29 is 18.0 Å². The molecule has 0 N–H and O–H groups in total. The van der Waals surface area contributed by atoms with Crippen LogP contribution in [0.25, 0.3) is 0 Å². The summed E-state index contributed by atoms with van der Waals surface area (Å²) < 4.78 is 34.6. The van der Waals surface area contributed by atoms with Gasteiger partial charge in [-0.15, -0.1) is 0 Å². The molecule has 7 heteroatoms. The van der Waals surface area contributed by atoms with Gasteiger partial charge in [-0.25, -0.2) is 8.78 Å². The molecule has 1 aromatic heterocycles. The second kappa shape index (κ2) is 11.2. The fourth-order valence-electron chi connectivity index (χ4n) is 6.06. The van der Waals surface area contributed by atoms with Gasteiger partial charge in [-0.2, -0.15) is 0 Å². The lowest BCUT2D eigenvalue weighted by atomic mass is 9.81. The fourth-order valence-corrected chi connectivity index (χ4v) is 6.06. The SMILES string of the molecule is CCN(CC)Cc1ccc(C(=O)N2CC[C@@H]3[C@H](C2)[C@@H](c2ccc(F)cc2F)CN3Cc2ccccc2)o1. The van der Waals surface area contributed by atoms with Crippen LogP contribution in [0.5, 0.6) is 0 Å². The summed E-state index contributed by atoms with van der Waals surface area (Å²) in [4.78, 5) is 19.9. The molecule has 0 aliphatic carbocycles. The van der Waals surface area contributed by atoms with Gasteiger partial charge in [-0.1, -0.05) is 50.2 Å². The minimum atomic E-state index is -0.573. The minimum Gasteiger partial charge on any atom is -0.455 e. The van der Waals surface area contributed by atoms with E-state index in [0.717, 1.165) is 37.9 Å². The first-order valence-electron chi connectivity index (χ1n) is 13.3. The van der Waals surface area contributed by atoms with Crippen molar-refractivity contribution in [1.29, 1.82) is 0 Å². The number of halogens is 2. The summed E-state index contributed by atoms with van der Waals surface area (Å²) in [6.45, 7) is 9.28. The van der Waals surface area contributed by atoms with Crippen molar-refractivity contribution in [3.05, 3.63) is 94.9 Å². The number of carbonyl (C=O) groups is 1. The summed E-state index contributed by atoms with van der Waals surface area (Å²) >= 11 is 0. The van der Waals surface area contributed by atoms with E-state index in [1.165, 1.54) is 11.6 Å². The summed E-state index contributed by atoms with van der Waals surface area (Å²) in [6, 6.07) is 18.0. The Morgan fingerprint density at radius 2 is 1.81 bits per heavy atom. The monoisotopic (exact) mass is 507 g/mol. The van der Waals surface area contributed by atoms with Crippen LogP contribution in [0.15, 0.2) is 65.1 Å². The number of hydrogen-bond donors (Lipinski definition) is 0. The normalized spacial score (nSPS) is 22.0. The third kappa shape index (κ3) is 5.48. The van der Waals surface area contributed by atoms with Crippen LogP contribution < -0.4 is 0 Å². The van der Waals surface area contributed by atoms with Gasteiger partial charge < -0.3 is 9.32 Å². The average molecular weight is 508 g/mol. The Morgan fingerprint density at radius 3 is 2.54 bits per heavy atom. The molecule has 0 radical (unpaired) electrons. The van der Waals surface area contributed by atoms with Crippen molar-refractivity contribution in [2.45, 2.75) is 45.3 Å². The number of nitrogens with zero attached hydrogens (tertiary/aromatic N) is 3. The molecule has 37 heavy (non-hydrogen) atoms. The summed E-state index contributed by atoms with van der Waals surface area (Å²) in [5.41, 5.74) is 1.73. The van der Waals surface area contributed by atoms with Crippen LogP contribution in [0.1, 0.15) is 53.6 Å². The van der Waals surface area contributed by atoms with Gasteiger partial charge in [0.1, 0.15) is 17.4 Å². The van der Waals surface area contributed by atoms with Gasteiger partial charge in [0.25, 0.3) is 5.91 Å². The highest BCUT2D eigenvalue weighted by atomic mass is 19.1. The van der Waals surface area contributed by atoms with Crippen molar-refractivity contribution in [1.82, 2.24) is 14.7 Å². The molecule has 3 atom stereocenters. The molecule has 3 heterocycles. The molecular weight excluding hydrogens is 472 g/mol. The van der Waals surface area contributed by atoms with Crippen molar-refractivity contribution in [3.63, 3.8) is 0 Å². The maximum absolute atomic E-state index is 14.9. The summed E-state index contributed by atoms with van der Waals surface area (Å²) in [5.74, 6) is -0.153. The first-order chi connectivity index (χ1) is 18.0. The molecule has 2 saturated heterocycles. The Labute approximate surface area is 217 Å². The van der Waals surface area contributed by atoms with Gasteiger partial charge in [0.05, 0.1) is 6.54 Å². The van der Waals surface area contributed by atoms with Crippen molar-refractivity contribution in [2.24, 2.45) is 5.92 Å². The topological polar surface area (TPSA) is 39.9 Å². The molecule has 1 amide bonds. The van der Waals surface area contributed by atoms with Crippen molar-refractivity contribution >= 4 is 5.91 Å². The van der Waals surface area contributed by atoms with Crippen molar-refractivity contribution in [3.8, 4) is 0 Å². The lowest BCUT2D eigenvalue weighted by Gasteiger charge is -2.39. The number of amides is 1. The van der Waals surface area contributed by atoms with E-state index in [4.69, 9.17) is 4.42 Å². The lowest BCUT2D eigenvalue weighted by molar-refractivity contribution is 0.0551. The molecular formula is C30H35F2N3O2. The fraction of sp³-hybridized carbons (Fsp3) is 0.433. The molecule has 0 saturated carbocycles. The Bertz CT molecular complexity index is 1210. The zero-order chi connectivity index (χ0) is 25.9. The first kappa shape index (κ1) is 25.6. The van der Waals surface area contributed by atoms with Gasteiger partial charge in [0, 0.05) is 50.1 Å². The lowest BCUT2D eigenvalue weighted by Crippen LogP contribution is -2.48. The Balaban J connectivity index is 1.36. The van der Waals surface area contributed by atoms with Crippen LogP contribution >= 0.6 is 0 Å². The highest BCUT2D eigenvalue weighted by molar-refractivity contribution is 5.91. The highest BCUT2D eigenvalue weighted by Gasteiger charge is 2.46. The number of piperidine rings is 1. The van der Waals surface area contributed by atoms with E-state index in [9.17, 15) is 13.6 Å². The number of furan rings is 1. The van der Waals surface area contributed by atoms with Crippen LogP contribution in [0, 0.1) is 17.6 Å². The van der Waals surface area contributed by atoms with E-state index in [1.54, 1.807) is 12.1 Å². The number of carbonyl (C=O) groups excluding carboxylic acids is 1. The number of benzene rings is 2. The van der Waals surface area contributed by atoms with Gasteiger partial charge in [0.15, 0.2) is 5.76 Å². The third-order valence-electron chi connectivity index (χ3n) is 8.06. The Hall–Kier alpha value is -3.03. The maximum atomic E-state index is 14.9. The molecule has 196 valence electrons. The van der Waals surface area contributed by atoms with E-state index in [1.807, 2.05) is 29.2 Å². The van der Waals surface area contributed by atoms with Crippen LogP contribution in [-0.2, 0) is 13.1 Å². The predicted molar refractivity (Wildman–Crippen MR) is 139 cm³/mol. The zero-order valence-electron chi connectivity index (χ0n) is 21.6. The zero-order valence-corrected chi connectivity index (χ0v) is 21.6. The van der Waals surface area contributed by atoms with E-state index >= 15 is 0 Å². The molecule has 0 spiro atoms. The molecule has 2 aliphatic rings. The van der Waals surface area contributed by atoms with E-state index in [-0.39, 0.29) is 23.8 Å². The first-order valence-corrected chi connectivity index (χ1v) is 13.3. The van der Waals surface area contributed by atoms with E-state index in [2.05, 4.69) is 35.8 Å². The molecule has 2 fully saturated rings. The summed E-state index contributed by atoms with van der Waals surface area (Å²) in [5, 5.41) is 0. The maximum Gasteiger partial charge on any atom is 0.289 e. The largest absolute Gasteiger partial charge is 0.455 e. The van der Waals surface area contributed by atoms with Gasteiger partial charge in [0.2, 0.25) is 0 Å². The Morgan fingerprint density at radius 1 is 1.03 bits per heavy atom. The number of likely N-dealkylation sites (tertiary alicyclic amines) is 2. The predicted octanol–water partition coefficient (Wildman–Crippen LogP) is 5.53.